The van der Waals surface area contributed by atoms with E-state index in [0.717, 1.165) is 51.9 Å². The third kappa shape index (κ3) is 5.64. The molecule has 1 amide bonds. The molecular weight excluding hydrogens is 292 g/mol. The second-order valence-corrected chi connectivity index (χ2v) is 8.40. The van der Waals surface area contributed by atoms with E-state index >= 15 is 0 Å². The van der Waals surface area contributed by atoms with Crippen LogP contribution in [-0.4, -0.2) is 55.0 Å². The molecule has 0 aromatic carbocycles. The average molecular weight is 326 g/mol. The van der Waals surface area contributed by atoms with Crippen molar-refractivity contribution in [3.05, 3.63) is 0 Å². The van der Waals surface area contributed by atoms with Gasteiger partial charge in [0.05, 0.1) is 6.10 Å². The SMILES string of the molecule is CCOC1CC(NCC2(C)CCN(C(=O)OC(C)(C)C)CC2)C1. The van der Waals surface area contributed by atoms with Crippen LogP contribution in [0.4, 0.5) is 4.79 Å². The molecule has 2 rings (SSSR count). The minimum absolute atomic E-state index is 0.175. The highest BCUT2D eigenvalue weighted by molar-refractivity contribution is 5.68. The molecule has 1 heterocycles. The lowest BCUT2D eigenvalue weighted by atomic mass is 9.79. The van der Waals surface area contributed by atoms with Crippen LogP contribution in [0.5, 0.6) is 0 Å². The van der Waals surface area contributed by atoms with Gasteiger partial charge in [-0.25, -0.2) is 4.79 Å². The van der Waals surface area contributed by atoms with Crippen LogP contribution in [0, 0.1) is 5.41 Å². The number of ether oxygens (including phenoxy) is 2. The van der Waals surface area contributed by atoms with Gasteiger partial charge < -0.3 is 19.7 Å². The van der Waals surface area contributed by atoms with Crippen LogP contribution in [0.2, 0.25) is 0 Å². The first-order valence-electron chi connectivity index (χ1n) is 9.04. The lowest BCUT2D eigenvalue weighted by Crippen LogP contribution is -2.51. The fourth-order valence-electron chi connectivity index (χ4n) is 3.23. The predicted octanol–water partition coefficient (Wildman–Crippen LogP) is 3.18. The molecular formula is C18H34N2O3. The van der Waals surface area contributed by atoms with E-state index in [-0.39, 0.29) is 11.5 Å². The number of carbonyl (C=O) groups excluding carboxylic acids is 1. The summed E-state index contributed by atoms with van der Waals surface area (Å²) in [5.41, 5.74) is -0.143. The molecule has 2 aliphatic rings. The Morgan fingerprint density at radius 2 is 1.87 bits per heavy atom. The zero-order valence-electron chi connectivity index (χ0n) is 15.5. The number of likely N-dealkylation sites (tertiary alicyclic amines) is 1. The topological polar surface area (TPSA) is 50.8 Å². The summed E-state index contributed by atoms with van der Waals surface area (Å²) >= 11 is 0. The maximum absolute atomic E-state index is 12.1. The van der Waals surface area contributed by atoms with Crippen LogP contribution in [0.1, 0.15) is 60.3 Å². The number of carbonyl (C=O) groups is 1. The summed E-state index contributed by atoms with van der Waals surface area (Å²) in [5, 5.41) is 3.69. The highest BCUT2D eigenvalue weighted by Gasteiger charge is 2.36. The van der Waals surface area contributed by atoms with Gasteiger partial charge in [-0.15, -0.1) is 0 Å². The molecule has 0 unspecified atom stereocenters. The summed E-state index contributed by atoms with van der Waals surface area (Å²) < 4.78 is 11.1. The molecule has 0 aromatic heterocycles. The van der Waals surface area contributed by atoms with E-state index < -0.39 is 5.60 Å². The molecule has 0 atom stereocenters. The van der Waals surface area contributed by atoms with Crippen molar-refractivity contribution in [1.29, 1.82) is 0 Å². The molecule has 23 heavy (non-hydrogen) atoms. The van der Waals surface area contributed by atoms with Gasteiger partial charge in [-0.05, 0) is 58.8 Å². The third-order valence-electron chi connectivity index (χ3n) is 4.94. The van der Waals surface area contributed by atoms with Crippen molar-refractivity contribution in [2.45, 2.75) is 78.0 Å². The fourth-order valence-corrected chi connectivity index (χ4v) is 3.23. The van der Waals surface area contributed by atoms with Crippen LogP contribution in [0.25, 0.3) is 0 Å². The van der Waals surface area contributed by atoms with Gasteiger partial charge >= 0.3 is 6.09 Å². The normalized spacial score (nSPS) is 27.4. The van der Waals surface area contributed by atoms with Gasteiger partial charge in [-0.3, -0.25) is 0 Å². The van der Waals surface area contributed by atoms with E-state index in [9.17, 15) is 4.79 Å². The van der Waals surface area contributed by atoms with E-state index in [0.29, 0.717) is 12.1 Å². The molecule has 1 aliphatic heterocycles. The van der Waals surface area contributed by atoms with Gasteiger partial charge in [0.2, 0.25) is 0 Å². The fraction of sp³-hybridized carbons (Fsp3) is 0.944. The highest BCUT2D eigenvalue weighted by Crippen LogP contribution is 2.32. The standard InChI is InChI=1S/C18H34N2O3/c1-6-22-15-11-14(12-15)19-13-18(5)7-9-20(10-8-18)16(21)23-17(2,3)4/h14-15,19H,6-13H2,1-5H3. The Morgan fingerprint density at radius 1 is 1.26 bits per heavy atom. The lowest BCUT2D eigenvalue weighted by Gasteiger charge is -2.42. The van der Waals surface area contributed by atoms with Crippen LogP contribution in [-0.2, 0) is 9.47 Å². The number of nitrogens with zero attached hydrogens (tertiary/aromatic N) is 1. The zero-order chi connectivity index (χ0) is 17.1. The lowest BCUT2D eigenvalue weighted by molar-refractivity contribution is -0.0150. The van der Waals surface area contributed by atoms with Crippen LogP contribution < -0.4 is 5.32 Å². The molecule has 0 spiro atoms. The summed E-state index contributed by atoms with van der Waals surface area (Å²) in [7, 11) is 0. The Hall–Kier alpha value is -0.810. The van der Waals surface area contributed by atoms with Crippen molar-refractivity contribution >= 4 is 6.09 Å². The predicted molar refractivity (Wildman–Crippen MR) is 91.6 cm³/mol. The molecule has 1 N–H and O–H groups in total. The smallest absolute Gasteiger partial charge is 0.410 e. The number of rotatable bonds is 5. The molecule has 1 saturated heterocycles. The largest absolute Gasteiger partial charge is 0.444 e. The van der Waals surface area contributed by atoms with Gasteiger partial charge in [-0.1, -0.05) is 6.92 Å². The van der Waals surface area contributed by atoms with Crippen molar-refractivity contribution in [1.82, 2.24) is 10.2 Å². The molecule has 134 valence electrons. The summed E-state index contributed by atoms with van der Waals surface area (Å²) in [5.74, 6) is 0. The maximum Gasteiger partial charge on any atom is 0.410 e. The second-order valence-electron chi connectivity index (χ2n) is 8.40. The van der Waals surface area contributed by atoms with E-state index in [1.54, 1.807) is 0 Å². The molecule has 5 nitrogen and oxygen atoms in total. The molecule has 0 aromatic rings. The molecule has 2 fully saturated rings. The third-order valence-corrected chi connectivity index (χ3v) is 4.94. The minimum atomic E-state index is -0.416. The first-order chi connectivity index (χ1) is 10.7. The van der Waals surface area contributed by atoms with Crippen molar-refractivity contribution in [2.75, 3.05) is 26.2 Å². The first kappa shape index (κ1) is 18.5. The van der Waals surface area contributed by atoms with E-state index in [1.807, 2.05) is 25.7 Å². The number of hydrogen-bond acceptors (Lipinski definition) is 4. The number of nitrogens with one attached hydrogen (secondary N) is 1. The summed E-state index contributed by atoms with van der Waals surface area (Å²) in [6.45, 7) is 13.5. The Morgan fingerprint density at radius 3 is 2.39 bits per heavy atom. The van der Waals surface area contributed by atoms with Gasteiger partial charge in [0.25, 0.3) is 0 Å². The van der Waals surface area contributed by atoms with Crippen LogP contribution >= 0.6 is 0 Å². The van der Waals surface area contributed by atoms with E-state index in [4.69, 9.17) is 9.47 Å². The van der Waals surface area contributed by atoms with Crippen molar-refractivity contribution < 1.29 is 14.3 Å². The molecule has 0 radical (unpaired) electrons. The Balaban J connectivity index is 1.68. The first-order valence-corrected chi connectivity index (χ1v) is 9.04. The van der Waals surface area contributed by atoms with E-state index in [2.05, 4.69) is 19.2 Å². The van der Waals surface area contributed by atoms with Crippen molar-refractivity contribution in [3.8, 4) is 0 Å². The van der Waals surface area contributed by atoms with E-state index in [1.165, 1.54) is 0 Å². The Labute approximate surface area is 141 Å². The number of piperidine rings is 1. The van der Waals surface area contributed by atoms with Gasteiger partial charge in [0.15, 0.2) is 0 Å². The molecule has 5 heteroatoms. The molecule has 1 saturated carbocycles. The van der Waals surface area contributed by atoms with Gasteiger partial charge in [-0.2, -0.15) is 0 Å². The summed E-state index contributed by atoms with van der Waals surface area (Å²) in [4.78, 5) is 14.0. The Kier molecular flexibility index (Phi) is 5.95. The second kappa shape index (κ2) is 7.39. The van der Waals surface area contributed by atoms with Crippen LogP contribution in [0.3, 0.4) is 0 Å². The summed E-state index contributed by atoms with van der Waals surface area (Å²) in [6, 6.07) is 0.604. The highest BCUT2D eigenvalue weighted by atomic mass is 16.6. The minimum Gasteiger partial charge on any atom is -0.444 e. The number of hydrogen-bond donors (Lipinski definition) is 1. The van der Waals surface area contributed by atoms with Crippen LogP contribution in [0.15, 0.2) is 0 Å². The van der Waals surface area contributed by atoms with Crippen molar-refractivity contribution in [3.63, 3.8) is 0 Å². The molecule has 1 aliphatic carbocycles. The zero-order valence-corrected chi connectivity index (χ0v) is 15.5. The quantitative estimate of drug-likeness (QED) is 0.843. The Bertz CT molecular complexity index is 392. The molecule has 0 bridgehead atoms. The monoisotopic (exact) mass is 326 g/mol. The van der Waals surface area contributed by atoms with Gasteiger partial charge in [0.1, 0.15) is 5.60 Å². The van der Waals surface area contributed by atoms with Gasteiger partial charge in [0, 0.05) is 32.3 Å². The maximum atomic E-state index is 12.1. The number of amides is 1. The van der Waals surface area contributed by atoms with Crippen molar-refractivity contribution in [2.24, 2.45) is 5.41 Å². The average Bonchev–Trinajstić information content (AvgIpc) is 2.40. The summed E-state index contributed by atoms with van der Waals surface area (Å²) in [6.07, 6.45) is 4.61.